The molecule has 1 N–H and O–H groups in total. The van der Waals surface area contributed by atoms with Gasteiger partial charge in [-0.25, -0.2) is 12.8 Å². The monoisotopic (exact) mass is 329 g/mol. The fourth-order valence-electron chi connectivity index (χ4n) is 0.812. The summed E-state index contributed by atoms with van der Waals surface area (Å²) in [4.78, 5) is 0. The van der Waals surface area contributed by atoms with Gasteiger partial charge in [0, 0.05) is 3.57 Å². The third-order valence-electron chi connectivity index (χ3n) is 1.58. The minimum atomic E-state index is -3.40. The van der Waals surface area contributed by atoms with Gasteiger partial charge in [-0.1, -0.05) is 0 Å². The Morgan fingerprint density at radius 1 is 1.50 bits per heavy atom. The van der Waals surface area contributed by atoms with Crippen molar-refractivity contribution in [3.63, 3.8) is 0 Å². The van der Waals surface area contributed by atoms with Gasteiger partial charge in [0.15, 0.2) is 0 Å². The van der Waals surface area contributed by atoms with E-state index in [0.717, 1.165) is 3.57 Å². The SMILES string of the molecule is CCS(=O)(=O)Nc1ccc(I)cc1F. The van der Waals surface area contributed by atoms with Crippen LogP contribution in [0.3, 0.4) is 0 Å². The summed E-state index contributed by atoms with van der Waals surface area (Å²) >= 11 is 1.95. The minimum absolute atomic E-state index is 0.00716. The van der Waals surface area contributed by atoms with Crippen LogP contribution in [0.1, 0.15) is 6.92 Å². The highest BCUT2D eigenvalue weighted by molar-refractivity contribution is 14.1. The fourth-order valence-corrected chi connectivity index (χ4v) is 1.91. The molecular weight excluding hydrogens is 320 g/mol. The zero-order valence-corrected chi connectivity index (χ0v) is 10.4. The van der Waals surface area contributed by atoms with Gasteiger partial charge in [-0.15, -0.1) is 0 Å². The van der Waals surface area contributed by atoms with Crippen molar-refractivity contribution in [2.75, 3.05) is 10.5 Å². The largest absolute Gasteiger partial charge is 0.281 e. The average molecular weight is 329 g/mol. The highest BCUT2D eigenvalue weighted by Gasteiger charge is 2.10. The molecule has 0 fully saturated rings. The lowest BCUT2D eigenvalue weighted by atomic mass is 10.3. The van der Waals surface area contributed by atoms with Gasteiger partial charge in [0.2, 0.25) is 10.0 Å². The Hall–Kier alpha value is -0.370. The maximum absolute atomic E-state index is 13.2. The second kappa shape index (κ2) is 4.43. The van der Waals surface area contributed by atoms with Crippen molar-refractivity contribution < 1.29 is 12.8 Å². The van der Waals surface area contributed by atoms with Gasteiger partial charge in [0.05, 0.1) is 11.4 Å². The molecule has 1 rings (SSSR count). The summed E-state index contributed by atoms with van der Waals surface area (Å²) in [5, 5.41) is 0. The van der Waals surface area contributed by atoms with Gasteiger partial charge in [0.25, 0.3) is 0 Å². The van der Waals surface area contributed by atoms with Crippen molar-refractivity contribution >= 4 is 38.3 Å². The van der Waals surface area contributed by atoms with Gasteiger partial charge in [-0.2, -0.15) is 0 Å². The smallest absolute Gasteiger partial charge is 0.232 e. The molecule has 0 spiro atoms. The summed E-state index contributed by atoms with van der Waals surface area (Å²) in [5.41, 5.74) is -0.00716. The second-order valence-corrected chi connectivity index (χ2v) is 5.89. The van der Waals surface area contributed by atoms with Crippen LogP contribution in [0.25, 0.3) is 0 Å². The van der Waals surface area contributed by atoms with Crippen molar-refractivity contribution in [3.8, 4) is 0 Å². The molecule has 0 saturated carbocycles. The van der Waals surface area contributed by atoms with Gasteiger partial charge >= 0.3 is 0 Å². The average Bonchev–Trinajstić information content (AvgIpc) is 2.10. The molecule has 1 aromatic rings. The fraction of sp³-hybridized carbons (Fsp3) is 0.250. The molecule has 0 amide bonds. The Kier molecular flexibility index (Phi) is 3.71. The van der Waals surface area contributed by atoms with Crippen molar-refractivity contribution in [1.82, 2.24) is 0 Å². The number of rotatable bonds is 3. The lowest BCUT2D eigenvalue weighted by Crippen LogP contribution is -2.15. The molecule has 0 bridgehead atoms. The first-order valence-electron chi connectivity index (χ1n) is 3.90. The molecule has 0 heterocycles. The van der Waals surface area contributed by atoms with Crippen LogP contribution in [0.5, 0.6) is 0 Å². The highest BCUT2D eigenvalue weighted by atomic mass is 127. The third-order valence-corrected chi connectivity index (χ3v) is 3.54. The van der Waals surface area contributed by atoms with Gasteiger partial charge < -0.3 is 0 Å². The Balaban J connectivity index is 2.99. The number of sulfonamides is 1. The summed E-state index contributed by atoms with van der Waals surface area (Å²) in [7, 11) is -3.40. The molecule has 0 radical (unpaired) electrons. The molecule has 3 nitrogen and oxygen atoms in total. The summed E-state index contributed by atoms with van der Waals surface area (Å²) in [6, 6.07) is 4.32. The van der Waals surface area contributed by atoms with Crippen molar-refractivity contribution in [2.45, 2.75) is 6.92 Å². The van der Waals surface area contributed by atoms with E-state index in [1.165, 1.54) is 19.1 Å². The number of nitrogens with one attached hydrogen (secondary N) is 1. The van der Waals surface area contributed by atoms with Crippen LogP contribution in [0.2, 0.25) is 0 Å². The van der Waals surface area contributed by atoms with Crippen molar-refractivity contribution in [1.29, 1.82) is 0 Å². The predicted octanol–water partition coefficient (Wildman–Crippen LogP) is 2.19. The molecule has 0 saturated heterocycles. The molecule has 78 valence electrons. The van der Waals surface area contributed by atoms with E-state index in [2.05, 4.69) is 4.72 Å². The number of hydrogen-bond donors (Lipinski definition) is 1. The molecule has 6 heteroatoms. The van der Waals surface area contributed by atoms with Gasteiger partial charge in [-0.05, 0) is 47.7 Å². The Bertz CT molecular complexity index is 433. The number of anilines is 1. The van der Waals surface area contributed by atoms with Crippen LogP contribution in [0.15, 0.2) is 18.2 Å². The minimum Gasteiger partial charge on any atom is -0.281 e. The lowest BCUT2D eigenvalue weighted by Gasteiger charge is -2.06. The molecule has 0 aliphatic rings. The van der Waals surface area contributed by atoms with E-state index < -0.39 is 15.8 Å². The van der Waals surface area contributed by atoms with Crippen LogP contribution in [0, 0.1) is 9.39 Å². The molecule has 0 aliphatic heterocycles. The summed E-state index contributed by atoms with van der Waals surface area (Å²) in [6.45, 7) is 1.49. The van der Waals surface area contributed by atoms with Crippen molar-refractivity contribution in [2.24, 2.45) is 0 Å². The number of hydrogen-bond acceptors (Lipinski definition) is 2. The maximum Gasteiger partial charge on any atom is 0.232 e. The van der Waals surface area contributed by atoms with Gasteiger partial charge in [0.1, 0.15) is 5.82 Å². The van der Waals surface area contributed by atoms with Gasteiger partial charge in [-0.3, -0.25) is 4.72 Å². The van der Waals surface area contributed by atoms with Crippen LogP contribution >= 0.6 is 22.6 Å². The molecular formula is C8H9FINO2S. The van der Waals surface area contributed by atoms with E-state index in [0.29, 0.717) is 0 Å². The first-order chi connectivity index (χ1) is 6.44. The molecule has 0 aromatic heterocycles. The quantitative estimate of drug-likeness (QED) is 0.864. The standard InChI is InChI=1S/C8H9FINO2S/c1-2-14(12,13)11-8-4-3-6(10)5-7(8)9/h3-5,11H,2H2,1H3. The zero-order valence-electron chi connectivity index (χ0n) is 7.42. The Morgan fingerprint density at radius 3 is 2.64 bits per heavy atom. The zero-order chi connectivity index (χ0) is 10.8. The summed E-state index contributed by atoms with van der Waals surface area (Å²) < 4.78 is 38.3. The van der Waals surface area contributed by atoms with Crippen LogP contribution in [-0.4, -0.2) is 14.2 Å². The first-order valence-corrected chi connectivity index (χ1v) is 6.63. The predicted molar refractivity (Wildman–Crippen MR) is 62.2 cm³/mol. The second-order valence-electron chi connectivity index (χ2n) is 2.63. The van der Waals surface area contributed by atoms with E-state index in [1.807, 2.05) is 22.6 Å². The Morgan fingerprint density at radius 2 is 2.14 bits per heavy atom. The molecule has 1 aromatic carbocycles. The van der Waals surface area contributed by atoms with Crippen LogP contribution < -0.4 is 4.72 Å². The molecule has 14 heavy (non-hydrogen) atoms. The van der Waals surface area contributed by atoms with Crippen molar-refractivity contribution in [3.05, 3.63) is 27.6 Å². The van der Waals surface area contributed by atoms with Crippen LogP contribution in [-0.2, 0) is 10.0 Å². The molecule has 0 aliphatic carbocycles. The molecule has 0 unspecified atom stereocenters. The normalized spacial score (nSPS) is 11.4. The highest BCUT2D eigenvalue weighted by Crippen LogP contribution is 2.18. The molecule has 0 atom stereocenters. The van der Waals surface area contributed by atoms with Crippen LogP contribution in [0.4, 0.5) is 10.1 Å². The topological polar surface area (TPSA) is 46.2 Å². The summed E-state index contributed by atoms with van der Waals surface area (Å²) in [6.07, 6.45) is 0. The van der Waals surface area contributed by atoms with E-state index in [9.17, 15) is 12.8 Å². The summed E-state index contributed by atoms with van der Waals surface area (Å²) in [5.74, 6) is -0.632. The van der Waals surface area contributed by atoms with E-state index >= 15 is 0 Å². The van der Waals surface area contributed by atoms with E-state index in [1.54, 1.807) is 6.07 Å². The third kappa shape index (κ3) is 3.09. The van der Waals surface area contributed by atoms with E-state index in [4.69, 9.17) is 0 Å². The first kappa shape index (κ1) is 11.7. The van der Waals surface area contributed by atoms with E-state index in [-0.39, 0.29) is 11.4 Å². The Labute approximate surface area is 95.9 Å². The maximum atomic E-state index is 13.2. The lowest BCUT2D eigenvalue weighted by molar-refractivity contribution is 0.599. The number of halogens is 2. The number of benzene rings is 1.